The van der Waals surface area contributed by atoms with Crippen LogP contribution in [0, 0.1) is 6.92 Å². The van der Waals surface area contributed by atoms with Gasteiger partial charge in [0, 0.05) is 13.1 Å². The van der Waals surface area contributed by atoms with Crippen LogP contribution in [0.1, 0.15) is 25.0 Å². The van der Waals surface area contributed by atoms with E-state index in [4.69, 9.17) is 4.74 Å². The Morgan fingerprint density at radius 3 is 2.45 bits per heavy atom. The molecule has 0 aliphatic carbocycles. The molecule has 6 heteroatoms. The number of rotatable bonds is 11. The van der Waals surface area contributed by atoms with E-state index in [1.54, 1.807) is 0 Å². The van der Waals surface area contributed by atoms with E-state index in [9.17, 15) is 8.42 Å². The number of ether oxygens (including phenoxy) is 1. The third-order valence-electron chi connectivity index (χ3n) is 3.62. The second-order valence-electron chi connectivity index (χ2n) is 5.22. The Kier molecular flexibility index (Phi) is 8.63. The van der Waals surface area contributed by atoms with Crippen LogP contribution in [0.15, 0.2) is 24.3 Å². The van der Waals surface area contributed by atoms with Crippen LogP contribution in [-0.4, -0.2) is 52.7 Å². The molecule has 0 aliphatic rings. The van der Waals surface area contributed by atoms with Crippen molar-refractivity contribution in [1.29, 1.82) is 0 Å². The molecule has 126 valence electrons. The normalized spacial score (nSPS) is 12.0. The number of sulfonamides is 1. The lowest BCUT2D eigenvalue weighted by Crippen LogP contribution is -2.31. The van der Waals surface area contributed by atoms with Gasteiger partial charge in [-0.2, -0.15) is 0 Å². The molecule has 0 spiro atoms. The highest BCUT2D eigenvalue weighted by molar-refractivity contribution is 7.88. The molecule has 22 heavy (non-hydrogen) atoms. The minimum absolute atomic E-state index is 0.0130. The zero-order chi connectivity index (χ0) is 16.4. The van der Waals surface area contributed by atoms with Gasteiger partial charge in [0.25, 0.3) is 0 Å². The van der Waals surface area contributed by atoms with Gasteiger partial charge in [-0.3, -0.25) is 0 Å². The minimum Gasteiger partial charge on any atom is -0.379 e. The summed E-state index contributed by atoms with van der Waals surface area (Å²) in [4.78, 5) is 2.27. The molecule has 0 heterocycles. The van der Waals surface area contributed by atoms with Crippen LogP contribution in [-0.2, 0) is 20.5 Å². The lowest BCUT2D eigenvalue weighted by atomic mass is 10.1. The summed E-state index contributed by atoms with van der Waals surface area (Å²) in [5.74, 6) is 0.0130. The largest absolute Gasteiger partial charge is 0.379 e. The van der Waals surface area contributed by atoms with Crippen molar-refractivity contribution in [3.05, 3.63) is 35.4 Å². The zero-order valence-corrected chi connectivity index (χ0v) is 14.7. The van der Waals surface area contributed by atoms with Crippen LogP contribution >= 0.6 is 0 Å². The second-order valence-corrected chi connectivity index (χ2v) is 7.03. The molecule has 0 aromatic heterocycles. The van der Waals surface area contributed by atoms with Gasteiger partial charge in [-0.1, -0.05) is 38.1 Å². The summed E-state index contributed by atoms with van der Waals surface area (Å²) in [7, 11) is -3.31. The van der Waals surface area contributed by atoms with E-state index < -0.39 is 10.0 Å². The molecule has 0 atom stereocenters. The first-order valence-corrected chi connectivity index (χ1v) is 9.45. The fourth-order valence-electron chi connectivity index (χ4n) is 2.13. The molecular formula is C16H28N2O3S. The summed E-state index contributed by atoms with van der Waals surface area (Å²) in [5.41, 5.74) is 1.82. The van der Waals surface area contributed by atoms with Crippen molar-refractivity contribution >= 4 is 10.0 Å². The first kappa shape index (κ1) is 19.1. The zero-order valence-electron chi connectivity index (χ0n) is 13.8. The third-order valence-corrected chi connectivity index (χ3v) is 4.96. The molecule has 0 saturated heterocycles. The van der Waals surface area contributed by atoms with Gasteiger partial charge in [0.05, 0.1) is 19.0 Å². The predicted molar refractivity (Wildman–Crippen MR) is 90.4 cm³/mol. The number of benzene rings is 1. The standard InChI is InChI=1S/C16H28N2O3S/c1-4-18(5-2)11-13-21-12-10-17-22(19,20)14-16-9-7-6-8-15(16)3/h6-9,17H,4-5,10-14H2,1-3H3. The van der Waals surface area contributed by atoms with Gasteiger partial charge in [0.15, 0.2) is 0 Å². The Bertz CT molecular complexity index is 528. The lowest BCUT2D eigenvalue weighted by molar-refractivity contribution is 0.111. The van der Waals surface area contributed by atoms with Gasteiger partial charge in [0.2, 0.25) is 10.0 Å². The van der Waals surface area contributed by atoms with E-state index in [0.717, 1.165) is 30.8 Å². The molecule has 0 unspecified atom stereocenters. The molecule has 1 aromatic rings. The van der Waals surface area contributed by atoms with Crippen LogP contribution in [0.2, 0.25) is 0 Å². The maximum Gasteiger partial charge on any atom is 0.215 e. The van der Waals surface area contributed by atoms with E-state index in [1.807, 2.05) is 31.2 Å². The van der Waals surface area contributed by atoms with Gasteiger partial charge in [-0.05, 0) is 31.1 Å². The maximum atomic E-state index is 12.0. The Labute approximate surface area is 134 Å². The number of hydrogen-bond donors (Lipinski definition) is 1. The Morgan fingerprint density at radius 1 is 1.14 bits per heavy atom. The van der Waals surface area contributed by atoms with Crippen molar-refractivity contribution < 1.29 is 13.2 Å². The first-order chi connectivity index (χ1) is 10.5. The molecule has 0 aliphatic heterocycles. The highest BCUT2D eigenvalue weighted by Crippen LogP contribution is 2.10. The van der Waals surface area contributed by atoms with E-state index in [0.29, 0.717) is 19.8 Å². The van der Waals surface area contributed by atoms with Crippen LogP contribution in [0.5, 0.6) is 0 Å². The molecule has 1 aromatic carbocycles. The van der Waals surface area contributed by atoms with E-state index >= 15 is 0 Å². The monoisotopic (exact) mass is 328 g/mol. The van der Waals surface area contributed by atoms with Crippen LogP contribution in [0.3, 0.4) is 0 Å². The molecule has 0 saturated carbocycles. The average molecular weight is 328 g/mol. The molecule has 0 radical (unpaired) electrons. The summed E-state index contributed by atoms with van der Waals surface area (Å²) in [6.45, 7) is 10.4. The first-order valence-electron chi connectivity index (χ1n) is 7.80. The van der Waals surface area contributed by atoms with E-state index in [2.05, 4.69) is 23.5 Å². The molecule has 0 fully saturated rings. The highest BCUT2D eigenvalue weighted by atomic mass is 32.2. The highest BCUT2D eigenvalue weighted by Gasteiger charge is 2.12. The number of likely N-dealkylation sites (N-methyl/N-ethyl adjacent to an activating group) is 1. The summed E-state index contributed by atoms with van der Waals surface area (Å²) in [6.07, 6.45) is 0. The fraction of sp³-hybridized carbons (Fsp3) is 0.625. The lowest BCUT2D eigenvalue weighted by Gasteiger charge is -2.17. The third kappa shape index (κ3) is 7.35. The molecule has 0 amide bonds. The van der Waals surface area contributed by atoms with Crippen molar-refractivity contribution in [3.63, 3.8) is 0 Å². The molecule has 1 N–H and O–H groups in total. The molecule has 5 nitrogen and oxygen atoms in total. The predicted octanol–water partition coefficient (Wildman–Crippen LogP) is 1.77. The maximum absolute atomic E-state index is 12.0. The summed E-state index contributed by atoms with van der Waals surface area (Å²) < 4.78 is 32.1. The smallest absolute Gasteiger partial charge is 0.215 e. The molecular weight excluding hydrogens is 300 g/mol. The van der Waals surface area contributed by atoms with Gasteiger partial charge in [-0.25, -0.2) is 13.1 Å². The fourth-order valence-corrected chi connectivity index (χ4v) is 3.36. The van der Waals surface area contributed by atoms with Crippen LogP contribution < -0.4 is 4.72 Å². The van der Waals surface area contributed by atoms with Crippen LogP contribution in [0.25, 0.3) is 0 Å². The average Bonchev–Trinajstić information content (AvgIpc) is 2.49. The van der Waals surface area contributed by atoms with Gasteiger partial charge < -0.3 is 9.64 Å². The summed E-state index contributed by atoms with van der Waals surface area (Å²) in [5, 5.41) is 0. The van der Waals surface area contributed by atoms with Crippen molar-refractivity contribution in [3.8, 4) is 0 Å². The van der Waals surface area contributed by atoms with Crippen molar-refractivity contribution in [2.24, 2.45) is 0 Å². The SMILES string of the molecule is CCN(CC)CCOCCNS(=O)(=O)Cc1ccccc1C. The summed E-state index contributed by atoms with van der Waals surface area (Å²) >= 11 is 0. The molecule has 1 rings (SSSR count). The van der Waals surface area contributed by atoms with Crippen molar-refractivity contribution in [1.82, 2.24) is 9.62 Å². The van der Waals surface area contributed by atoms with Gasteiger partial charge in [0.1, 0.15) is 0 Å². The van der Waals surface area contributed by atoms with Gasteiger partial charge >= 0.3 is 0 Å². The number of aryl methyl sites for hydroxylation is 1. The topological polar surface area (TPSA) is 58.6 Å². The Hall–Kier alpha value is -0.950. The van der Waals surface area contributed by atoms with Crippen molar-refractivity contribution in [2.45, 2.75) is 26.5 Å². The Morgan fingerprint density at radius 2 is 1.82 bits per heavy atom. The quantitative estimate of drug-likeness (QED) is 0.629. The van der Waals surface area contributed by atoms with Crippen LogP contribution in [0.4, 0.5) is 0 Å². The summed E-state index contributed by atoms with van der Waals surface area (Å²) in [6, 6.07) is 7.52. The number of hydrogen-bond acceptors (Lipinski definition) is 4. The minimum atomic E-state index is -3.31. The second kappa shape index (κ2) is 9.94. The van der Waals surface area contributed by atoms with E-state index in [1.165, 1.54) is 0 Å². The number of nitrogens with one attached hydrogen (secondary N) is 1. The van der Waals surface area contributed by atoms with Gasteiger partial charge in [-0.15, -0.1) is 0 Å². The van der Waals surface area contributed by atoms with Crippen molar-refractivity contribution in [2.75, 3.05) is 39.4 Å². The Balaban J connectivity index is 2.25. The number of nitrogens with zero attached hydrogens (tertiary/aromatic N) is 1. The molecule has 0 bridgehead atoms. The van der Waals surface area contributed by atoms with E-state index in [-0.39, 0.29) is 5.75 Å².